The fourth-order valence-corrected chi connectivity index (χ4v) is 5.85. The first kappa shape index (κ1) is 28.9. The number of benzene rings is 3. The number of carbonyl (C=O) groups is 2. The third kappa shape index (κ3) is 7.01. The zero-order valence-electron chi connectivity index (χ0n) is 22.8. The van der Waals surface area contributed by atoms with E-state index in [-0.39, 0.29) is 17.3 Å². The highest BCUT2D eigenvalue weighted by molar-refractivity contribution is 7.92. The van der Waals surface area contributed by atoms with Gasteiger partial charge in [0.15, 0.2) is 0 Å². The Morgan fingerprint density at radius 2 is 1.45 bits per heavy atom. The van der Waals surface area contributed by atoms with Crippen LogP contribution >= 0.6 is 0 Å². The van der Waals surface area contributed by atoms with Crippen LogP contribution in [0.25, 0.3) is 0 Å². The van der Waals surface area contributed by atoms with Gasteiger partial charge in [0.25, 0.3) is 10.0 Å². The fourth-order valence-electron chi connectivity index (χ4n) is 4.45. The van der Waals surface area contributed by atoms with E-state index in [0.29, 0.717) is 18.7 Å². The second-order valence-corrected chi connectivity index (χ2v) is 11.4. The fraction of sp³-hybridized carbons (Fsp3) is 0.333. The van der Waals surface area contributed by atoms with Crippen molar-refractivity contribution in [1.82, 2.24) is 10.2 Å². The van der Waals surface area contributed by atoms with Crippen LogP contribution in [0.2, 0.25) is 0 Å². The van der Waals surface area contributed by atoms with Gasteiger partial charge in [0, 0.05) is 13.1 Å². The maximum atomic E-state index is 14.0. The van der Waals surface area contributed by atoms with Crippen molar-refractivity contribution >= 4 is 27.5 Å². The number of nitrogens with one attached hydrogen (secondary N) is 1. The zero-order chi connectivity index (χ0) is 27.9. The predicted octanol–water partition coefficient (Wildman–Crippen LogP) is 4.75. The number of sulfonamides is 1. The van der Waals surface area contributed by atoms with Gasteiger partial charge in [-0.2, -0.15) is 0 Å². The molecule has 0 saturated heterocycles. The topological polar surface area (TPSA) is 86.8 Å². The van der Waals surface area contributed by atoms with E-state index in [4.69, 9.17) is 0 Å². The monoisotopic (exact) mass is 535 g/mol. The summed E-state index contributed by atoms with van der Waals surface area (Å²) in [5.41, 5.74) is 3.95. The average Bonchev–Trinajstić information content (AvgIpc) is 2.87. The molecular formula is C30H37N3O4S. The molecule has 202 valence electrons. The lowest BCUT2D eigenvalue weighted by atomic mass is 10.1. The summed E-state index contributed by atoms with van der Waals surface area (Å²) in [5, 5.41) is 2.81. The van der Waals surface area contributed by atoms with Crippen molar-refractivity contribution in [3.8, 4) is 0 Å². The van der Waals surface area contributed by atoms with E-state index in [1.807, 2.05) is 71.0 Å². The molecule has 3 aromatic rings. The van der Waals surface area contributed by atoms with Gasteiger partial charge in [-0.25, -0.2) is 8.42 Å². The minimum atomic E-state index is -4.08. The number of rotatable bonds is 11. The van der Waals surface area contributed by atoms with Crippen molar-refractivity contribution in [2.75, 3.05) is 17.4 Å². The molecule has 1 N–H and O–H groups in total. The summed E-state index contributed by atoms with van der Waals surface area (Å²) in [7, 11) is -4.08. The van der Waals surface area contributed by atoms with Crippen molar-refractivity contribution in [3.63, 3.8) is 0 Å². The zero-order valence-corrected chi connectivity index (χ0v) is 23.6. The van der Waals surface area contributed by atoms with Crippen LogP contribution in [0.4, 0.5) is 5.69 Å². The molecule has 0 heterocycles. The van der Waals surface area contributed by atoms with Crippen molar-refractivity contribution in [3.05, 3.63) is 95.1 Å². The molecule has 0 aliphatic rings. The Labute approximate surface area is 226 Å². The Hall–Kier alpha value is -3.65. The molecular weight excluding hydrogens is 498 g/mol. The normalized spacial score (nSPS) is 12.0. The molecule has 0 bridgehead atoms. The van der Waals surface area contributed by atoms with Gasteiger partial charge in [-0.3, -0.25) is 13.9 Å². The molecule has 38 heavy (non-hydrogen) atoms. The van der Waals surface area contributed by atoms with Gasteiger partial charge in [-0.05, 0) is 75.1 Å². The Morgan fingerprint density at radius 3 is 2.00 bits per heavy atom. The van der Waals surface area contributed by atoms with E-state index in [9.17, 15) is 18.0 Å². The van der Waals surface area contributed by atoms with Crippen LogP contribution in [0.1, 0.15) is 42.5 Å². The highest BCUT2D eigenvalue weighted by Crippen LogP contribution is 2.27. The summed E-state index contributed by atoms with van der Waals surface area (Å²) in [6.07, 6.45) is 0.388. The smallest absolute Gasteiger partial charge is 0.264 e. The van der Waals surface area contributed by atoms with E-state index in [0.717, 1.165) is 26.6 Å². The number of anilines is 1. The number of carbonyl (C=O) groups excluding carboxylic acids is 2. The van der Waals surface area contributed by atoms with Crippen LogP contribution in [-0.2, 0) is 26.2 Å². The Bertz CT molecular complexity index is 1340. The number of hydrogen-bond donors (Lipinski definition) is 1. The van der Waals surface area contributed by atoms with Crippen molar-refractivity contribution in [2.24, 2.45) is 0 Å². The van der Waals surface area contributed by atoms with Crippen LogP contribution in [0.15, 0.2) is 77.7 Å². The lowest BCUT2D eigenvalue weighted by molar-refractivity contribution is -0.140. The maximum Gasteiger partial charge on any atom is 0.264 e. The second kappa shape index (κ2) is 12.7. The molecule has 0 aliphatic heterocycles. The highest BCUT2D eigenvalue weighted by atomic mass is 32.2. The summed E-state index contributed by atoms with van der Waals surface area (Å²) in [4.78, 5) is 28.5. The van der Waals surface area contributed by atoms with Gasteiger partial charge in [0.2, 0.25) is 11.8 Å². The number of amides is 2. The van der Waals surface area contributed by atoms with Gasteiger partial charge < -0.3 is 10.2 Å². The van der Waals surface area contributed by atoms with Crippen molar-refractivity contribution in [1.29, 1.82) is 0 Å². The van der Waals surface area contributed by atoms with Crippen molar-refractivity contribution in [2.45, 2.75) is 58.5 Å². The molecule has 2 amide bonds. The van der Waals surface area contributed by atoms with Crippen LogP contribution in [-0.4, -0.2) is 44.3 Å². The van der Waals surface area contributed by atoms with Crippen LogP contribution in [0, 0.1) is 20.8 Å². The van der Waals surface area contributed by atoms with Crippen LogP contribution < -0.4 is 9.62 Å². The molecule has 0 aliphatic carbocycles. The first-order valence-corrected chi connectivity index (χ1v) is 14.3. The molecule has 7 nitrogen and oxygen atoms in total. The van der Waals surface area contributed by atoms with E-state index in [2.05, 4.69) is 5.32 Å². The molecule has 1 atom stereocenters. The summed E-state index contributed by atoms with van der Waals surface area (Å²) in [6, 6.07) is 20.7. The standard InChI is InChI=1S/C30H37N3O4S/c1-6-28(30(35)31-7-2)32(20-25-11-9-8-10-12-25)29(34)21-33(26-18-23(4)17-24(5)19-26)38(36,37)27-15-13-22(3)14-16-27/h8-19,28H,6-7,20-21H2,1-5H3,(H,31,35)/t28-/m1/s1. The third-order valence-electron chi connectivity index (χ3n) is 6.31. The first-order valence-electron chi connectivity index (χ1n) is 12.9. The molecule has 0 unspecified atom stereocenters. The molecule has 0 fully saturated rings. The lowest BCUT2D eigenvalue weighted by Gasteiger charge is -2.33. The second-order valence-electron chi connectivity index (χ2n) is 9.50. The van der Waals surface area contributed by atoms with E-state index < -0.39 is 28.5 Å². The summed E-state index contributed by atoms with van der Waals surface area (Å²) < 4.78 is 29.0. The molecule has 0 radical (unpaired) electrons. The van der Waals surface area contributed by atoms with Crippen LogP contribution in [0.5, 0.6) is 0 Å². The highest BCUT2D eigenvalue weighted by Gasteiger charge is 2.33. The van der Waals surface area contributed by atoms with E-state index >= 15 is 0 Å². The first-order chi connectivity index (χ1) is 18.1. The van der Waals surface area contributed by atoms with Crippen LogP contribution in [0.3, 0.4) is 0 Å². The summed E-state index contributed by atoms with van der Waals surface area (Å²) >= 11 is 0. The van der Waals surface area contributed by atoms with Gasteiger partial charge in [-0.15, -0.1) is 0 Å². The number of hydrogen-bond acceptors (Lipinski definition) is 4. The maximum absolute atomic E-state index is 14.0. The largest absolute Gasteiger partial charge is 0.355 e. The van der Waals surface area contributed by atoms with Gasteiger partial charge in [0.1, 0.15) is 12.6 Å². The molecule has 0 aromatic heterocycles. The quantitative estimate of drug-likeness (QED) is 0.384. The minimum absolute atomic E-state index is 0.0976. The number of aryl methyl sites for hydroxylation is 3. The predicted molar refractivity (Wildman–Crippen MR) is 151 cm³/mol. The van der Waals surface area contributed by atoms with Gasteiger partial charge >= 0.3 is 0 Å². The molecule has 3 rings (SSSR count). The van der Waals surface area contributed by atoms with E-state index in [1.54, 1.807) is 36.4 Å². The lowest BCUT2D eigenvalue weighted by Crippen LogP contribution is -2.52. The van der Waals surface area contributed by atoms with E-state index in [1.165, 1.54) is 4.90 Å². The third-order valence-corrected chi connectivity index (χ3v) is 8.10. The molecule has 0 saturated carbocycles. The van der Waals surface area contributed by atoms with Crippen molar-refractivity contribution < 1.29 is 18.0 Å². The molecule has 0 spiro atoms. The Balaban J connectivity index is 2.08. The van der Waals surface area contributed by atoms with Gasteiger partial charge in [0.05, 0.1) is 10.6 Å². The Kier molecular flexibility index (Phi) is 9.69. The number of nitrogens with zero attached hydrogens (tertiary/aromatic N) is 2. The molecule has 8 heteroatoms. The average molecular weight is 536 g/mol. The number of likely N-dealkylation sites (N-methyl/N-ethyl adjacent to an activating group) is 1. The summed E-state index contributed by atoms with van der Waals surface area (Å²) in [6.45, 7) is 9.49. The van der Waals surface area contributed by atoms with Gasteiger partial charge in [-0.1, -0.05) is 61.0 Å². The summed E-state index contributed by atoms with van der Waals surface area (Å²) in [5.74, 6) is -0.722. The SMILES string of the molecule is CCNC(=O)[C@@H](CC)N(Cc1ccccc1)C(=O)CN(c1cc(C)cc(C)c1)S(=O)(=O)c1ccc(C)cc1. The molecule has 3 aromatic carbocycles. The minimum Gasteiger partial charge on any atom is -0.355 e. The Morgan fingerprint density at radius 1 is 0.842 bits per heavy atom.